The van der Waals surface area contributed by atoms with E-state index in [4.69, 9.17) is 0 Å². The smallest absolute Gasteiger partial charge is 0.487 e. The molecule has 0 aliphatic rings. The molecule has 0 aromatic heterocycles. The van der Waals surface area contributed by atoms with Crippen molar-refractivity contribution in [3.05, 3.63) is 21.4 Å². The van der Waals surface area contributed by atoms with E-state index in [1.807, 2.05) is 34.7 Å². The minimum atomic E-state index is 0. The quantitative estimate of drug-likeness (QED) is 0.631. The average molecular weight is 235 g/mol. The van der Waals surface area contributed by atoms with Gasteiger partial charge in [0.2, 0.25) is 0 Å². The second-order valence-electron chi connectivity index (χ2n) is 1.08. The van der Waals surface area contributed by atoms with Crippen molar-refractivity contribution in [3.8, 4) is 0 Å². The fourth-order valence-corrected chi connectivity index (χ4v) is 0. The molecule has 0 aliphatic heterocycles. The van der Waals surface area contributed by atoms with Gasteiger partial charge in [-0.2, -0.15) is 6.54 Å². The molecule has 0 bridgehead atoms. The van der Waals surface area contributed by atoms with Gasteiger partial charge in [0.1, 0.15) is 0 Å². The molecule has 0 fully saturated rings. The van der Waals surface area contributed by atoms with Crippen LogP contribution in [0.2, 0.25) is 0 Å². The third-order valence-corrected chi connectivity index (χ3v) is 0.382. The van der Waals surface area contributed by atoms with Gasteiger partial charge in [0, 0.05) is 0 Å². The van der Waals surface area contributed by atoms with Crippen LogP contribution in [0.5, 0.6) is 0 Å². The first-order valence-corrected chi connectivity index (χ1v) is 3.58. The Hall–Kier alpha value is 1.06. The molecule has 2 heteroatoms. The average Bonchev–Trinajstić information content (AvgIpc) is 1.97. The zero-order chi connectivity index (χ0) is 8.28. The number of nitrogens with zero attached hydrogens (tertiary/aromatic N) is 1. The summed E-state index contributed by atoms with van der Waals surface area (Å²) in [6, 6.07) is 0. The molecular weight excluding hydrogens is 211 g/mol. The minimum Gasteiger partial charge on any atom is -0.487 e. The summed E-state index contributed by atoms with van der Waals surface area (Å²) in [5.74, 6) is 0. The van der Waals surface area contributed by atoms with Crippen LogP contribution >= 0.6 is 0 Å². The van der Waals surface area contributed by atoms with Crippen molar-refractivity contribution in [1.29, 1.82) is 0 Å². The molecule has 0 spiro atoms. The van der Waals surface area contributed by atoms with Gasteiger partial charge < -0.3 is 19.3 Å². The summed E-state index contributed by atoms with van der Waals surface area (Å²) in [5.41, 5.74) is 0. The molecule has 0 rings (SSSR count). The van der Waals surface area contributed by atoms with Gasteiger partial charge in [0.05, 0.1) is 0 Å². The monoisotopic (exact) mass is 235 g/mol. The third kappa shape index (κ3) is 96.8. The first-order chi connectivity index (χ1) is 4.27. The summed E-state index contributed by atoms with van der Waals surface area (Å²) in [6.45, 7) is 12.3. The maximum atomic E-state index is 3.55. The summed E-state index contributed by atoms with van der Waals surface area (Å²) in [5, 5.41) is 0. The number of hydrogen-bond donors (Lipinski definition) is 0. The second kappa shape index (κ2) is 43.7. The number of rotatable bonds is 1. The van der Waals surface area contributed by atoms with E-state index in [9.17, 15) is 0 Å². The van der Waals surface area contributed by atoms with Crippen LogP contribution < -0.4 is 0 Å². The van der Waals surface area contributed by atoms with Crippen LogP contribution in [-0.2, 0) is 32.7 Å². The largest absolute Gasteiger partial charge is 3.00 e. The fraction of sp³-hybridized carbons (Fsp3) is 0.667. The molecule has 0 amide bonds. The van der Waals surface area contributed by atoms with Crippen molar-refractivity contribution < 1.29 is 32.7 Å². The Balaban J connectivity index is -0.0000000178. The van der Waals surface area contributed by atoms with Crippen molar-refractivity contribution in [2.24, 2.45) is 0 Å². The SMILES string of the molecule is CC.CC.[CH2-]CN([CH2-])C.[CH3-].[Y+3]. The summed E-state index contributed by atoms with van der Waals surface area (Å²) in [6.07, 6.45) is 0. The van der Waals surface area contributed by atoms with Gasteiger partial charge in [-0.3, -0.25) is 7.05 Å². The predicted molar refractivity (Wildman–Crippen MR) is 52.5 cm³/mol. The molecule has 0 atom stereocenters. The first kappa shape index (κ1) is 29.6. The van der Waals surface area contributed by atoms with E-state index in [0.29, 0.717) is 0 Å². The van der Waals surface area contributed by atoms with Crippen molar-refractivity contribution >= 4 is 0 Å². The zero-order valence-electron chi connectivity index (χ0n) is 9.15. The molecule has 0 aromatic rings. The van der Waals surface area contributed by atoms with Gasteiger partial charge in [-0.25, -0.2) is 0 Å². The van der Waals surface area contributed by atoms with E-state index in [0.717, 1.165) is 6.54 Å². The van der Waals surface area contributed by atoms with Gasteiger partial charge in [0.15, 0.2) is 0 Å². The molecular formula is C9H24NY. The van der Waals surface area contributed by atoms with Crippen molar-refractivity contribution in [2.75, 3.05) is 13.6 Å². The summed E-state index contributed by atoms with van der Waals surface area (Å²) in [7, 11) is 5.41. The Morgan fingerprint density at radius 3 is 1.18 bits per heavy atom. The van der Waals surface area contributed by atoms with Gasteiger partial charge >= 0.3 is 32.7 Å². The standard InChI is InChI=1S/C4H9N.2C2H6.CH3.Y/c1-4-5(2)3;2*1-2;;/h1-2,4H2,3H3;2*1-2H3;1H3;/q-2;;;-1;+3. The van der Waals surface area contributed by atoms with E-state index in [-0.39, 0.29) is 40.1 Å². The Kier molecular flexibility index (Phi) is 118. The van der Waals surface area contributed by atoms with Gasteiger partial charge in [-0.1, -0.05) is 27.7 Å². The molecule has 0 saturated heterocycles. The molecule has 0 heterocycles. The van der Waals surface area contributed by atoms with Crippen LogP contribution in [0.1, 0.15) is 27.7 Å². The van der Waals surface area contributed by atoms with Crippen LogP contribution in [-0.4, -0.2) is 18.5 Å². The van der Waals surface area contributed by atoms with Gasteiger partial charge in [-0.15, -0.1) is 0 Å². The molecule has 0 unspecified atom stereocenters. The number of hydrogen-bond acceptors (Lipinski definition) is 1. The molecule has 11 heavy (non-hydrogen) atoms. The van der Waals surface area contributed by atoms with E-state index in [1.54, 1.807) is 4.90 Å². The summed E-state index contributed by atoms with van der Waals surface area (Å²) >= 11 is 0. The van der Waals surface area contributed by atoms with Gasteiger partial charge in [0.25, 0.3) is 0 Å². The van der Waals surface area contributed by atoms with E-state index in [1.165, 1.54) is 0 Å². The van der Waals surface area contributed by atoms with Crippen LogP contribution in [0.25, 0.3) is 0 Å². The predicted octanol–water partition coefficient (Wildman–Crippen LogP) is 3.04. The Labute approximate surface area is 99.8 Å². The van der Waals surface area contributed by atoms with Crippen molar-refractivity contribution in [1.82, 2.24) is 4.90 Å². The Bertz CT molecular complexity index is 23.5. The molecule has 0 N–H and O–H groups in total. The van der Waals surface area contributed by atoms with Gasteiger partial charge in [-0.05, 0) is 7.05 Å². The molecule has 0 aromatic carbocycles. The third-order valence-electron chi connectivity index (χ3n) is 0.382. The van der Waals surface area contributed by atoms with E-state index >= 15 is 0 Å². The zero-order valence-corrected chi connectivity index (χ0v) is 12.0. The topological polar surface area (TPSA) is 3.24 Å². The van der Waals surface area contributed by atoms with Crippen LogP contribution in [0.15, 0.2) is 0 Å². The summed E-state index contributed by atoms with van der Waals surface area (Å²) in [4.78, 5) is 1.76. The molecule has 0 saturated carbocycles. The normalized spacial score (nSPS) is 5.45. The minimum absolute atomic E-state index is 0. The molecule has 68 valence electrons. The molecule has 1 nitrogen and oxygen atoms in total. The maximum absolute atomic E-state index is 3.55. The maximum Gasteiger partial charge on any atom is 3.00 e. The summed E-state index contributed by atoms with van der Waals surface area (Å²) < 4.78 is 0. The molecule has 0 aliphatic carbocycles. The first-order valence-electron chi connectivity index (χ1n) is 3.58. The van der Waals surface area contributed by atoms with Crippen LogP contribution in [0.4, 0.5) is 0 Å². The molecule has 0 radical (unpaired) electrons. The van der Waals surface area contributed by atoms with Crippen molar-refractivity contribution in [3.63, 3.8) is 0 Å². The Morgan fingerprint density at radius 2 is 1.18 bits per heavy atom. The van der Waals surface area contributed by atoms with Crippen LogP contribution in [0.3, 0.4) is 0 Å². The fourth-order valence-electron chi connectivity index (χ4n) is 0. The van der Waals surface area contributed by atoms with Crippen LogP contribution in [0, 0.1) is 21.4 Å². The van der Waals surface area contributed by atoms with Crippen molar-refractivity contribution in [2.45, 2.75) is 27.7 Å². The second-order valence-corrected chi connectivity index (χ2v) is 1.08. The Morgan fingerprint density at radius 1 is 1.09 bits per heavy atom. The van der Waals surface area contributed by atoms with E-state index < -0.39 is 0 Å². The van der Waals surface area contributed by atoms with E-state index in [2.05, 4.69) is 14.0 Å².